The molecule has 2 aliphatic rings. The predicted molar refractivity (Wildman–Crippen MR) is 69.4 cm³/mol. The molecule has 2 heterocycles. The van der Waals surface area contributed by atoms with Crippen LogP contribution in [-0.4, -0.2) is 36.1 Å². The number of carbonyl (C=O) groups excluding carboxylic acids is 1. The molecule has 2 saturated heterocycles. The molecule has 18 heavy (non-hydrogen) atoms. The van der Waals surface area contributed by atoms with E-state index in [1.807, 2.05) is 4.90 Å². The molecule has 0 saturated carbocycles. The fraction of sp³-hybridized carbons (Fsp3) is 0.533. The van der Waals surface area contributed by atoms with Gasteiger partial charge in [0, 0.05) is 13.0 Å². The number of nitrogens with zero attached hydrogens (tertiary/aromatic N) is 1. The Morgan fingerprint density at radius 1 is 1.50 bits per heavy atom. The van der Waals surface area contributed by atoms with Crippen molar-refractivity contribution in [2.24, 2.45) is 0 Å². The van der Waals surface area contributed by atoms with Crippen LogP contribution in [0.2, 0.25) is 0 Å². The fourth-order valence-electron chi connectivity index (χ4n) is 2.97. The number of carbonyl (C=O) groups is 1. The number of hydrogen-bond acceptors (Lipinski definition) is 2. The number of hydrogen-bond donors (Lipinski definition) is 0. The van der Waals surface area contributed by atoms with Gasteiger partial charge in [-0.25, -0.2) is 0 Å². The summed E-state index contributed by atoms with van der Waals surface area (Å²) in [5.41, 5.74) is 2.51. The molecule has 0 aliphatic carbocycles. The van der Waals surface area contributed by atoms with Crippen LogP contribution in [0, 0.1) is 6.92 Å². The van der Waals surface area contributed by atoms with E-state index in [0.717, 1.165) is 26.0 Å². The van der Waals surface area contributed by atoms with E-state index in [1.165, 1.54) is 11.1 Å². The molecule has 3 nitrogen and oxygen atoms in total. The lowest BCUT2D eigenvalue weighted by atomic mass is 10.1. The van der Waals surface area contributed by atoms with Gasteiger partial charge in [-0.15, -0.1) is 0 Å². The summed E-state index contributed by atoms with van der Waals surface area (Å²) in [7, 11) is 0. The molecule has 2 fully saturated rings. The molecule has 0 radical (unpaired) electrons. The highest BCUT2D eigenvalue weighted by Gasteiger charge is 2.40. The van der Waals surface area contributed by atoms with Gasteiger partial charge in [0.25, 0.3) is 0 Å². The van der Waals surface area contributed by atoms with Crippen molar-refractivity contribution in [1.29, 1.82) is 0 Å². The van der Waals surface area contributed by atoms with Crippen molar-refractivity contribution in [2.75, 3.05) is 13.2 Å². The average Bonchev–Trinajstić information content (AvgIpc) is 2.98. The van der Waals surface area contributed by atoms with Crippen LogP contribution in [0.1, 0.15) is 24.0 Å². The average molecular weight is 245 g/mol. The molecule has 1 amide bonds. The first kappa shape index (κ1) is 11.7. The van der Waals surface area contributed by atoms with Crippen LogP contribution in [0.3, 0.4) is 0 Å². The lowest BCUT2D eigenvalue weighted by Crippen LogP contribution is -2.41. The van der Waals surface area contributed by atoms with Crippen molar-refractivity contribution in [3.63, 3.8) is 0 Å². The SMILES string of the molecule is Cc1cccc(CCC(=O)N2C[C@H]3C[C@H]2CO3)c1. The summed E-state index contributed by atoms with van der Waals surface area (Å²) in [6.45, 7) is 3.63. The summed E-state index contributed by atoms with van der Waals surface area (Å²) >= 11 is 0. The summed E-state index contributed by atoms with van der Waals surface area (Å²) in [6, 6.07) is 8.74. The van der Waals surface area contributed by atoms with Crippen LogP contribution < -0.4 is 0 Å². The molecule has 96 valence electrons. The molecular weight excluding hydrogens is 226 g/mol. The van der Waals surface area contributed by atoms with Crippen molar-refractivity contribution in [1.82, 2.24) is 4.90 Å². The maximum absolute atomic E-state index is 12.2. The number of amides is 1. The fourth-order valence-corrected chi connectivity index (χ4v) is 2.97. The second kappa shape index (κ2) is 4.73. The minimum atomic E-state index is 0.285. The van der Waals surface area contributed by atoms with E-state index in [1.54, 1.807) is 0 Å². The van der Waals surface area contributed by atoms with Gasteiger partial charge in [0.1, 0.15) is 0 Å². The standard InChI is InChI=1S/C15H19NO2/c1-11-3-2-4-12(7-11)5-6-15(17)16-9-14-8-13(16)10-18-14/h2-4,7,13-14H,5-6,8-10H2,1H3/t13-,14+/m0/s1. The zero-order chi connectivity index (χ0) is 12.5. The van der Waals surface area contributed by atoms with E-state index in [-0.39, 0.29) is 5.91 Å². The predicted octanol–water partition coefficient (Wildman–Crippen LogP) is 1.93. The van der Waals surface area contributed by atoms with Gasteiger partial charge in [-0.05, 0) is 25.3 Å². The third kappa shape index (κ3) is 2.27. The first-order valence-electron chi connectivity index (χ1n) is 6.69. The monoisotopic (exact) mass is 245 g/mol. The van der Waals surface area contributed by atoms with Crippen molar-refractivity contribution in [3.05, 3.63) is 35.4 Å². The molecule has 3 heteroatoms. The molecule has 2 bridgehead atoms. The lowest BCUT2D eigenvalue weighted by molar-refractivity contribution is -0.135. The van der Waals surface area contributed by atoms with Crippen LogP contribution in [0.15, 0.2) is 24.3 Å². The Hall–Kier alpha value is -1.35. The first-order valence-corrected chi connectivity index (χ1v) is 6.69. The summed E-state index contributed by atoms with van der Waals surface area (Å²) in [6.07, 6.45) is 2.80. The molecule has 1 aromatic carbocycles. The Bertz CT molecular complexity index is 458. The highest BCUT2D eigenvalue weighted by atomic mass is 16.5. The zero-order valence-corrected chi connectivity index (χ0v) is 10.8. The lowest BCUT2D eigenvalue weighted by Gasteiger charge is -2.26. The van der Waals surface area contributed by atoms with Gasteiger partial charge in [0.2, 0.25) is 5.91 Å². The number of rotatable bonds is 3. The maximum Gasteiger partial charge on any atom is 0.223 e. The smallest absolute Gasteiger partial charge is 0.223 e. The number of ether oxygens (including phenoxy) is 1. The largest absolute Gasteiger partial charge is 0.374 e. The molecule has 0 spiro atoms. The van der Waals surface area contributed by atoms with Crippen LogP contribution in [0.4, 0.5) is 0 Å². The topological polar surface area (TPSA) is 29.5 Å². The Morgan fingerprint density at radius 2 is 2.39 bits per heavy atom. The third-order valence-corrected chi connectivity index (χ3v) is 3.93. The van der Waals surface area contributed by atoms with E-state index in [4.69, 9.17) is 4.74 Å². The van der Waals surface area contributed by atoms with Crippen molar-refractivity contribution >= 4 is 5.91 Å². The van der Waals surface area contributed by atoms with Gasteiger partial charge < -0.3 is 9.64 Å². The van der Waals surface area contributed by atoms with E-state index in [0.29, 0.717) is 18.6 Å². The first-order chi connectivity index (χ1) is 8.72. The number of likely N-dealkylation sites (tertiary alicyclic amines) is 1. The second-order valence-electron chi connectivity index (χ2n) is 5.38. The summed E-state index contributed by atoms with van der Waals surface area (Å²) in [5.74, 6) is 0.285. The number of benzene rings is 1. The molecule has 2 atom stereocenters. The molecule has 3 rings (SSSR count). The minimum Gasteiger partial charge on any atom is -0.374 e. The molecule has 2 aliphatic heterocycles. The quantitative estimate of drug-likeness (QED) is 0.814. The van der Waals surface area contributed by atoms with Crippen molar-refractivity contribution in [3.8, 4) is 0 Å². The Labute approximate surface area is 108 Å². The Kier molecular flexibility index (Phi) is 3.08. The minimum absolute atomic E-state index is 0.285. The van der Waals surface area contributed by atoms with Crippen molar-refractivity contribution < 1.29 is 9.53 Å². The van der Waals surface area contributed by atoms with E-state index in [2.05, 4.69) is 31.2 Å². The molecule has 1 aromatic rings. The third-order valence-electron chi connectivity index (χ3n) is 3.93. The van der Waals surface area contributed by atoms with Gasteiger partial charge in [-0.2, -0.15) is 0 Å². The van der Waals surface area contributed by atoms with Crippen LogP contribution in [0.5, 0.6) is 0 Å². The van der Waals surface area contributed by atoms with E-state index >= 15 is 0 Å². The molecular formula is C15H19NO2. The van der Waals surface area contributed by atoms with Crippen LogP contribution >= 0.6 is 0 Å². The summed E-state index contributed by atoms with van der Waals surface area (Å²) in [5, 5.41) is 0. The Morgan fingerprint density at radius 3 is 3.06 bits per heavy atom. The number of fused-ring (bicyclic) bond motifs is 2. The summed E-state index contributed by atoms with van der Waals surface area (Å²) < 4.78 is 5.52. The maximum atomic E-state index is 12.2. The zero-order valence-electron chi connectivity index (χ0n) is 10.8. The second-order valence-corrected chi connectivity index (χ2v) is 5.38. The number of morpholine rings is 1. The Balaban J connectivity index is 1.56. The highest BCUT2D eigenvalue weighted by Crippen LogP contribution is 2.28. The van der Waals surface area contributed by atoms with Crippen LogP contribution in [-0.2, 0) is 16.0 Å². The van der Waals surface area contributed by atoms with Crippen LogP contribution in [0.25, 0.3) is 0 Å². The van der Waals surface area contributed by atoms with Gasteiger partial charge in [-0.1, -0.05) is 29.8 Å². The van der Waals surface area contributed by atoms with Gasteiger partial charge in [0.15, 0.2) is 0 Å². The van der Waals surface area contributed by atoms with Gasteiger partial charge in [0.05, 0.1) is 18.8 Å². The molecule has 0 unspecified atom stereocenters. The van der Waals surface area contributed by atoms with Crippen molar-refractivity contribution in [2.45, 2.75) is 38.3 Å². The van der Waals surface area contributed by atoms with Gasteiger partial charge in [-0.3, -0.25) is 4.79 Å². The van der Waals surface area contributed by atoms with E-state index in [9.17, 15) is 4.79 Å². The van der Waals surface area contributed by atoms with Gasteiger partial charge >= 0.3 is 0 Å². The molecule has 0 N–H and O–H groups in total. The molecule has 0 aromatic heterocycles. The number of aryl methyl sites for hydroxylation is 2. The highest BCUT2D eigenvalue weighted by molar-refractivity contribution is 5.77. The van der Waals surface area contributed by atoms with E-state index < -0.39 is 0 Å². The normalized spacial score (nSPS) is 25.7. The summed E-state index contributed by atoms with van der Waals surface area (Å²) in [4.78, 5) is 14.2.